The van der Waals surface area contributed by atoms with Crippen molar-refractivity contribution in [1.82, 2.24) is 14.0 Å². The van der Waals surface area contributed by atoms with E-state index in [4.69, 9.17) is 11.6 Å². The fourth-order valence-electron chi connectivity index (χ4n) is 2.62. The molecule has 0 spiro atoms. The molecular weight excluding hydrogens is 305 g/mol. The highest BCUT2D eigenvalue weighted by Crippen LogP contribution is 2.22. The van der Waals surface area contributed by atoms with Crippen LogP contribution in [0.2, 0.25) is 5.02 Å². The first kappa shape index (κ1) is 13.0. The molecule has 0 unspecified atom stereocenters. The predicted molar refractivity (Wildman–Crippen MR) is 83.3 cm³/mol. The minimum Gasteiger partial charge on any atom is -0.294 e. The van der Waals surface area contributed by atoms with Gasteiger partial charge in [0.25, 0.3) is 5.56 Å². The van der Waals surface area contributed by atoms with Gasteiger partial charge in [0.15, 0.2) is 0 Å². The van der Waals surface area contributed by atoms with Crippen LogP contribution in [0, 0.1) is 5.82 Å². The van der Waals surface area contributed by atoms with Crippen molar-refractivity contribution in [1.29, 1.82) is 0 Å². The number of rotatable bonds is 1. The monoisotopic (exact) mass is 313 g/mol. The van der Waals surface area contributed by atoms with E-state index >= 15 is 0 Å². The first-order valence-corrected chi connectivity index (χ1v) is 6.96. The third-order valence-electron chi connectivity index (χ3n) is 3.54. The Balaban J connectivity index is 2.26. The van der Waals surface area contributed by atoms with E-state index < -0.39 is 5.82 Å². The molecule has 2 aromatic heterocycles. The molecule has 2 aromatic carbocycles. The Morgan fingerprint density at radius 2 is 1.95 bits per heavy atom. The summed E-state index contributed by atoms with van der Waals surface area (Å²) < 4.78 is 16.7. The molecule has 0 radical (unpaired) electrons. The largest absolute Gasteiger partial charge is 0.299 e. The SMILES string of the molecule is O=c1c2nccn2c2ccc(Cl)cc2n1-c1cccc(F)c1. The molecule has 0 saturated heterocycles. The van der Waals surface area contributed by atoms with Gasteiger partial charge in [0.2, 0.25) is 5.65 Å². The van der Waals surface area contributed by atoms with E-state index in [1.54, 1.807) is 41.1 Å². The summed E-state index contributed by atoms with van der Waals surface area (Å²) in [5.74, 6) is -0.414. The molecule has 0 atom stereocenters. The first-order chi connectivity index (χ1) is 10.6. The Morgan fingerprint density at radius 1 is 1.09 bits per heavy atom. The molecule has 0 bridgehead atoms. The van der Waals surface area contributed by atoms with Crippen LogP contribution in [0.25, 0.3) is 22.4 Å². The number of hydrogen-bond acceptors (Lipinski definition) is 2. The quantitative estimate of drug-likeness (QED) is 0.540. The Bertz CT molecular complexity index is 1080. The molecule has 0 fully saturated rings. The molecule has 22 heavy (non-hydrogen) atoms. The maximum atomic E-state index is 13.6. The number of halogens is 2. The zero-order chi connectivity index (χ0) is 15.3. The van der Waals surface area contributed by atoms with Gasteiger partial charge in [-0.2, -0.15) is 0 Å². The fraction of sp³-hybridized carbons (Fsp3) is 0. The van der Waals surface area contributed by atoms with Gasteiger partial charge in [0.1, 0.15) is 5.82 Å². The van der Waals surface area contributed by atoms with Crippen LogP contribution in [0.5, 0.6) is 0 Å². The molecule has 4 nitrogen and oxygen atoms in total. The topological polar surface area (TPSA) is 39.3 Å². The van der Waals surface area contributed by atoms with Crippen LogP contribution in [0.1, 0.15) is 0 Å². The molecular formula is C16H9ClFN3O. The first-order valence-electron chi connectivity index (χ1n) is 6.58. The van der Waals surface area contributed by atoms with Crippen molar-refractivity contribution in [3.05, 3.63) is 76.1 Å². The van der Waals surface area contributed by atoms with Crippen molar-refractivity contribution in [2.75, 3.05) is 0 Å². The molecule has 2 heterocycles. The van der Waals surface area contributed by atoms with E-state index in [1.807, 2.05) is 6.07 Å². The minimum atomic E-state index is -0.414. The van der Waals surface area contributed by atoms with Crippen molar-refractivity contribution < 1.29 is 4.39 Å². The van der Waals surface area contributed by atoms with E-state index in [1.165, 1.54) is 16.7 Å². The second-order valence-electron chi connectivity index (χ2n) is 4.87. The van der Waals surface area contributed by atoms with Crippen LogP contribution in [-0.4, -0.2) is 14.0 Å². The van der Waals surface area contributed by atoms with Crippen molar-refractivity contribution >= 4 is 28.3 Å². The van der Waals surface area contributed by atoms with Gasteiger partial charge in [-0.25, -0.2) is 9.37 Å². The van der Waals surface area contributed by atoms with Gasteiger partial charge in [-0.1, -0.05) is 17.7 Å². The molecule has 0 aliphatic heterocycles. The van der Waals surface area contributed by atoms with Crippen molar-refractivity contribution in [2.24, 2.45) is 0 Å². The molecule has 0 amide bonds. The van der Waals surface area contributed by atoms with Crippen LogP contribution in [0.4, 0.5) is 4.39 Å². The highest BCUT2D eigenvalue weighted by molar-refractivity contribution is 6.31. The van der Waals surface area contributed by atoms with E-state index in [0.29, 0.717) is 16.2 Å². The van der Waals surface area contributed by atoms with Crippen molar-refractivity contribution in [2.45, 2.75) is 0 Å². The lowest BCUT2D eigenvalue weighted by Gasteiger charge is -2.12. The third kappa shape index (κ3) is 1.83. The zero-order valence-corrected chi connectivity index (χ0v) is 12.0. The molecule has 0 aliphatic carbocycles. The minimum absolute atomic E-state index is 0.277. The van der Waals surface area contributed by atoms with Gasteiger partial charge < -0.3 is 0 Å². The van der Waals surface area contributed by atoms with E-state index in [-0.39, 0.29) is 11.2 Å². The van der Waals surface area contributed by atoms with Crippen LogP contribution in [-0.2, 0) is 0 Å². The van der Waals surface area contributed by atoms with E-state index in [9.17, 15) is 9.18 Å². The zero-order valence-electron chi connectivity index (χ0n) is 11.2. The van der Waals surface area contributed by atoms with E-state index in [2.05, 4.69) is 4.98 Å². The summed E-state index contributed by atoms with van der Waals surface area (Å²) >= 11 is 6.07. The lowest BCUT2D eigenvalue weighted by molar-refractivity contribution is 0.626. The van der Waals surface area contributed by atoms with Crippen molar-refractivity contribution in [3.8, 4) is 5.69 Å². The Morgan fingerprint density at radius 3 is 2.77 bits per heavy atom. The summed E-state index contributed by atoms with van der Waals surface area (Å²) in [4.78, 5) is 16.8. The number of imidazole rings is 1. The maximum absolute atomic E-state index is 13.6. The summed E-state index contributed by atoms with van der Waals surface area (Å²) in [6.45, 7) is 0. The Labute approximate surface area is 129 Å². The molecule has 4 aromatic rings. The number of benzene rings is 2. The number of hydrogen-bond donors (Lipinski definition) is 0. The molecule has 6 heteroatoms. The van der Waals surface area contributed by atoms with Crippen LogP contribution >= 0.6 is 11.6 Å². The van der Waals surface area contributed by atoms with E-state index in [0.717, 1.165) is 5.52 Å². The third-order valence-corrected chi connectivity index (χ3v) is 3.77. The average molecular weight is 314 g/mol. The summed E-state index contributed by atoms with van der Waals surface area (Å²) in [6.07, 6.45) is 3.27. The molecule has 108 valence electrons. The highest BCUT2D eigenvalue weighted by Gasteiger charge is 2.13. The average Bonchev–Trinajstić information content (AvgIpc) is 2.97. The normalized spacial score (nSPS) is 11.4. The van der Waals surface area contributed by atoms with Gasteiger partial charge in [-0.15, -0.1) is 0 Å². The number of fused-ring (bicyclic) bond motifs is 3. The lowest BCUT2D eigenvalue weighted by atomic mass is 10.2. The van der Waals surface area contributed by atoms with Gasteiger partial charge in [0, 0.05) is 17.4 Å². The second-order valence-corrected chi connectivity index (χ2v) is 5.31. The Kier molecular flexibility index (Phi) is 2.77. The lowest BCUT2D eigenvalue weighted by Crippen LogP contribution is -2.21. The van der Waals surface area contributed by atoms with Crippen LogP contribution in [0.15, 0.2) is 59.7 Å². The predicted octanol–water partition coefficient (Wildman–Crippen LogP) is 3.43. The van der Waals surface area contributed by atoms with Gasteiger partial charge in [0.05, 0.1) is 16.7 Å². The van der Waals surface area contributed by atoms with Gasteiger partial charge in [-0.3, -0.25) is 13.8 Å². The Hall–Kier alpha value is -2.66. The van der Waals surface area contributed by atoms with Gasteiger partial charge in [-0.05, 0) is 36.4 Å². The number of aromatic nitrogens is 3. The molecule has 4 rings (SSSR count). The van der Waals surface area contributed by atoms with Gasteiger partial charge >= 0.3 is 0 Å². The summed E-state index contributed by atoms with van der Waals surface area (Å²) in [7, 11) is 0. The fourth-order valence-corrected chi connectivity index (χ4v) is 2.78. The standard InChI is InChI=1S/C16H9ClFN3O/c17-10-4-5-13-14(8-10)21(12-3-1-2-11(18)9-12)16(22)15-19-6-7-20(13)15/h1-9H. The smallest absolute Gasteiger partial charge is 0.294 e. The maximum Gasteiger partial charge on any atom is 0.299 e. The molecule has 0 N–H and O–H groups in total. The second kappa shape index (κ2) is 4.68. The summed E-state index contributed by atoms with van der Waals surface area (Å²) in [5, 5.41) is 0.497. The van der Waals surface area contributed by atoms with Crippen LogP contribution in [0.3, 0.4) is 0 Å². The molecule has 0 saturated carbocycles. The summed E-state index contributed by atoms with van der Waals surface area (Å²) in [5.41, 5.74) is 1.74. The van der Waals surface area contributed by atoms with Crippen molar-refractivity contribution in [3.63, 3.8) is 0 Å². The van der Waals surface area contributed by atoms with Crippen LogP contribution < -0.4 is 5.56 Å². The number of nitrogens with zero attached hydrogens (tertiary/aromatic N) is 3. The molecule has 0 aliphatic rings. The highest BCUT2D eigenvalue weighted by atomic mass is 35.5. The summed E-state index contributed by atoms with van der Waals surface area (Å²) in [6, 6.07) is 11.1.